The molecular weight excluding hydrogens is 360 g/mol. The SMILES string of the molecule is COc1cccc(C2CCCN2S(=O)(=O)c2ccc(C#N)c(Cl)c2)c1. The van der Waals surface area contributed by atoms with Crippen LogP contribution >= 0.6 is 11.6 Å². The number of halogens is 1. The molecule has 3 rings (SSSR count). The van der Waals surface area contributed by atoms with Crippen molar-refractivity contribution in [2.24, 2.45) is 0 Å². The zero-order valence-electron chi connectivity index (χ0n) is 13.6. The van der Waals surface area contributed by atoms with Gasteiger partial charge in [0.2, 0.25) is 10.0 Å². The van der Waals surface area contributed by atoms with E-state index in [4.69, 9.17) is 21.6 Å². The van der Waals surface area contributed by atoms with Gasteiger partial charge in [0.05, 0.1) is 28.6 Å². The topological polar surface area (TPSA) is 70.4 Å². The summed E-state index contributed by atoms with van der Waals surface area (Å²) in [5.74, 6) is 0.697. The fourth-order valence-electron chi connectivity index (χ4n) is 3.09. The summed E-state index contributed by atoms with van der Waals surface area (Å²) in [4.78, 5) is 0.103. The summed E-state index contributed by atoms with van der Waals surface area (Å²) in [6.45, 7) is 0.446. The van der Waals surface area contributed by atoms with Crippen LogP contribution in [0.2, 0.25) is 5.02 Å². The molecule has 1 saturated heterocycles. The molecular formula is C18H17ClN2O3S. The lowest BCUT2D eigenvalue weighted by Gasteiger charge is -2.25. The maximum atomic E-state index is 13.1. The molecule has 5 nitrogen and oxygen atoms in total. The van der Waals surface area contributed by atoms with Crippen LogP contribution in [0.5, 0.6) is 5.75 Å². The number of rotatable bonds is 4. The third-order valence-electron chi connectivity index (χ3n) is 4.35. The predicted molar refractivity (Wildman–Crippen MR) is 95.0 cm³/mol. The first-order valence-corrected chi connectivity index (χ1v) is 9.64. The van der Waals surface area contributed by atoms with E-state index in [1.165, 1.54) is 22.5 Å². The Labute approximate surface area is 152 Å². The zero-order chi connectivity index (χ0) is 18.0. The highest BCUT2D eigenvalue weighted by Crippen LogP contribution is 2.38. The molecule has 1 aliphatic heterocycles. The lowest BCUT2D eigenvalue weighted by molar-refractivity contribution is 0.390. The minimum atomic E-state index is -3.70. The third kappa shape index (κ3) is 3.36. The monoisotopic (exact) mass is 376 g/mol. The van der Waals surface area contributed by atoms with Gasteiger partial charge >= 0.3 is 0 Å². The molecule has 1 unspecified atom stereocenters. The number of methoxy groups -OCH3 is 1. The van der Waals surface area contributed by atoms with Crippen LogP contribution in [0, 0.1) is 11.3 Å². The summed E-state index contributed by atoms with van der Waals surface area (Å²) in [6.07, 6.45) is 1.53. The van der Waals surface area contributed by atoms with Gasteiger partial charge in [-0.1, -0.05) is 23.7 Å². The standard InChI is InChI=1S/C18H17ClN2O3S/c1-24-15-5-2-4-13(10-15)18-6-3-9-21(18)25(22,23)16-8-7-14(12-20)17(19)11-16/h2,4-5,7-8,10-11,18H,3,6,9H2,1H3. The highest BCUT2D eigenvalue weighted by molar-refractivity contribution is 7.89. The number of nitrogens with zero attached hydrogens (tertiary/aromatic N) is 2. The minimum absolute atomic E-state index is 0.103. The molecule has 0 amide bonds. The highest BCUT2D eigenvalue weighted by Gasteiger charge is 2.36. The van der Waals surface area contributed by atoms with Gasteiger partial charge in [-0.2, -0.15) is 9.57 Å². The number of ether oxygens (including phenoxy) is 1. The van der Waals surface area contributed by atoms with Gasteiger partial charge in [-0.3, -0.25) is 0 Å². The molecule has 0 saturated carbocycles. The van der Waals surface area contributed by atoms with E-state index in [-0.39, 0.29) is 21.5 Å². The van der Waals surface area contributed by atoms with Crippen molar-refractivity contribution in [3.8, 4) is 11.8 Å². The molecule has 25 heavy (non-hydrogen) atoms. The number of sulfonamides is 1. The predicted octanol–water partition coefficient (Wildman–Crippen LogP) is 3.75. The van der Waals surface area contributed by atoms with Crippen molar-refractivity contribution in [2.45, 2.75) is 23.8 Å². The second-order valence-corrected chi connectivity index (χ2v) is 8.10. The Bertz CT molecular complexity index is 938. The molecule has 2 aromatic carbocycles. The third-order valence-corrected chi connectivity index (χ3v) is 6.57. The Kier molecular flexibility index (Phi) is 5.00. The van der Waals surface area contributed by atoms with E-state index in [0.29, 0.717) is 12.3 Å². The van der Waals surface area contributed by atoms with E-state index in [1.54, 1.807) is 7.11 Å². The Morgan fingerprint density at radius 1 is 1.28 bits per heavy atom. The van der Waals surface area contributed by atoms with Crippen molar-refractivity contribution in [1.82, 2.24) is 4.31 Å². The molecule has 0 bridgehead atoms. The molecule has 0 aliphatic carbocycles. The van der Waals surface area contributed by atoms with Crippen LogP contribution < -0.4 is 4.74 Å². The molecule has 0 aromatic heterocycles. The molecule has 1 atom stereocenters. The quantitative estimate of drug-likeness (QED) is 0.814. The molecule has 0 spiro atoms. The Balaban J connectivity index is 1.98. The van der Waals surface area contributed by atoms with Gasteiger partial charge in [0.15, 0.2) is 0 Å². The molecule has 1 heterocycles. The first-order valence-electron chi connectivity index (χ1n) is 7.83. The summed E-state index contributed by atoms with van der Waals surface area (Å²) < 4.78 is 32.9. The molecule has 2 aromatic rings. The maximum Gasteiger partial charge on any atom is 0.243 e. The summed E-state index contributed by atoms with van der Waals surface area (Å²) >= 11 is 6.01. The molecule has 7 heteroatoms. The smallest absolute Gasteiger partial charge is 0.243 e. The van der Waals surface area contributed by atoms with Gasteiger partial charge in [0, 0.05) is 6.54 Å². The fraction of sp³-hybridized carbons (Fsp3) is 0.278. The summed E-state index contributed by atoms with van der Waals surface area (Å²) in [6, 6.07) is 13.4. The average Bonchev–Trinajstić information content (AvgIpc) is 3.12. The Morgan fingerprint density at radius 2 is 2.08 bits per heavy atom. The number of hydrogen-bond donors (Lipinski definition) is 0. The van der Waals surface area contributed by atoms with E-state index in [0.717, 1.165) is 18.4 Å². The van der Waals surface area contributed by atoms with Crippen molar-refractivity contribution in [3.05, 3.63) is 58.6 Å². The summed E-state index contributed by atoms with van der Waals surface area (Å²) in [5, 5.41) is 9.10. The molecule has 130 valence electrons. The molecule has 1 fully saturated rings. The Hall–Kier alpha value is -2.07. The van der Waals surface area contributed by atoms with E-state index >= 15 is 0 Å². The van der Waals surface area contributed by atoms with E-state index < -0.39 is 10.0 Å². The van der Waals surface area contributed by atoms with Crippen molar-refractivity contribution < 1.29 is 13.2 Å². The normalized spacial score (nSPS) is 18.0. The average molecular weight is 377 g/mol. The number of nitriles is 1. The molecule has 0 radical (unpaired) electrons. The maximum absolute atomic E-state index is 13.1. The highest BCUT2D eigenvalue weighted by atomic mass is 35.5. The van der Waals surface area contributed by atoms with Crippen molar-refractivity contribution in [2.75, 3.05) is 13.7 Å². The second-order valence-electron chi connectivity index (χ2n) is 5.80. The molecule has 0 N–H and O–H groups in total. The van der Waals surface area contributed by atoms with Gasteiger partial charge in [-0.25, -0.2) is 8.42 Å². The lowest BCUT2D eigenvalue weighted by Crippen LogP contribution is -2.30. The number of benzene rings is 2. The van der Waals surface area contributed by atoms with Crippen LogP contribution in [0.25, 0.3) is 0 Å². The summed E-state index contributed by atoms with van der Waals surface area (Å²) in [5.41, 5.74) is 1.16. The first-order chi connectivity index (χ1) is 12.0. The van der Waals surface area contributed by atoms with Crippen LogP contribution in [0.4, 0.5) is 0 Å². The van der Waals surface area contributed by atoms with Gasteiger partial charge in [-0.05, 0) is 48.7 Å². The van der Waals surface area contributed by atoms with Crippen LogP contribution in [-0.2, 0) is 10.0 Å². The zero-order valence-corrected chi connectivity index (χ0v) is 15.2. The van der Waals surface area contributed by atoms with Crippen molar-refractivity contribution in [1.29, 1.82) is 5.26 Å². The van der Waals surface area contributed by atoms with Gasteiger partial charge in [0.1, 0.15) is 11.8 Å². The number of hydrogen-bond acceptors (Lipinski definition) is 4. The van der Waals surface area contributed by atoms with E-state index in [1.807, 2.05) is 30.3 Å². The van der Waals surface area contributed by atoms with Gasteiger partial charge in [0.25, 0.3) is 0 Å². The van der Waals surface area contributed by atoms with Crippen LogP contribution in [-0.4, -0.2) is 26.4 Å². The fourth-order valence-corrected chi connectivity index (χ4v) is 5.09. The van der Waals surface area contributed by atoms with Crippen molar-refractivity contribution >= 4 is 21.6 Å². The van der Waals surface area contributed by atoms with Crippen LogP contribution in [0.15, 0.2) is 47.4 Å². The van der Waals surface area contributed by atoms with Crippen LogP contribution in [0.3, 0.4) is 0 Å². The van der Waals surface area contributed by atoms with E-state index in [9.17, 15) is 8.42 Å². The minimum Gasteiger partial charge on any atom is -0.497 e. The lowest BCUT2D eigenvalue weighted by atomic mass is 10.1. The second kappa shape index (κ2) is 7.04. The van der Waals surface area contributed by atoms with Gasteiger partial charge in [-0.15, -0.1) is 0 Å². The Morgan fingerprint density at radius 3 is 2.76 bits per heavy atom. The largest absolute Gasteiger partial charge is 0.497 e. The first kappa shape index (κ1) is 17.7. The molecule has 1 aliphatic rings. The van der Waals surface area contributed by atoms with E-state index in [2.05, 4.69) is 0 Å². The van der Waals surface area contributed by atoms with Gasteiger partial charge < -0.3 is 4.74 Å². The summed E-state index contributed by atoms with van der Waals surface area (Å²) in [7, 11) is -2.12. The van der Waals surface area contributed by atoms with Crippen LogP contribution in [0.1, 0.15) is 30.0 Å². The van der Waals surface area contributed by atoms with Crippen molar-refractivity contribution in [3.63, 3.8) is 0 Å².